The van der Waals surface area contributed by atoms with E-state index in [-0.39, 0.29) is 24.9 Å². The lowest BCUT2D eigenvalue weighted by Gasteiger charge is -2.26. The van der Waals surface area contributed by atoms with Crippen LogP contribution in [0.15, 0.2) is 24.3 Å². The predicted molar refractivity (Wildman–Crippen MR) is 85.2 cm³/mol. The van der Waals surface area contributed by atoms with Crippen LogP contribution in [0.4, 0.5) is 4.39 Å². The van der Waals surface area contributed by atoms with Crippen molar-refractivity contribution in [2.24, 2.45) is 0 Å². The molecule has 5 nitrogen and oxygen atoms in total. The van der Waals surface area contributed by atoms with Crippen molar-refractivity contribution in [3.05, 3.63) is 35.6 Å². The van der Waals surface area contributed by atoms with Gasteiger partial charge in [-0.3, -0.25) is 9.69 Å². The Morgan fingerprint density at radius 1 is 1.35 bits per heavy atom. The van der Waals surface area contributed by atoms with Gasteiger partial charge < -0.3 is 15.1 Å². The topological polar surface area (TPSA) is 64.0 Å². The van der Waals surface area contributed by atoms with E-state index in [2.05, 4.69) is 0 Å². The maximum absolute atomic E-state index is 13.6. The molecule has 1 atom stereocenters. The van der Waals surface area contributed by atoms with Gasteiger partial charge in [-0.05, 0) is 32.4 Å². The molecular formula is C17H25FN2O3. The van der Waals surface area contributed by atoms with Crippen LogP contribution in [0.5, 0.6) is 0 Å². The number of hydrogen-bond donors (Lipinski definition) is 2. The van der Waals surface area contributed by atoms with Gasteiger partial charge in [0.1, 0.15) is 5.82 Å². The fraction of sp³-hybridized carbons (Fsp3) is 0.588. The molecule has 2 rings (SSSR count). The lowest BCUT2D eigenvalue weighted by molar-refractivity contribution is -0.132. The van der Waals surface area contributed by atoms with Crippen molar-refractivity contribution in [1.29, 1.82) is 0 Å². The molecule has 128 valence electrons. The Bertz CT molecular complexity index is 540. The Balaban J connectivity index is 1.87. The van der Waals surface area contributed by atoms with Gasteiger partial charge in [-0.25, -0.2) is 4.39 Å². The second-order valence-electron chi connectivity index (χ2n) is 6.38. The number of aliphatic hydroxyl groups is 2. The number of nitrogens with zero attached hydrogens (tertiary/aromatic N) is 2. The Morgan fingerprint density at radius 3 is 2.78 bits per heavy atom. The average Bonchev–Trinajstić information content (AvgIpc) is 2.72. The largest absolute Gasteiger partial charge is 0.393 e. The number of halogens is 1. The molecule has 2 N–H and O–H groups in total. The molecule has 23 heavy (non-hydrogen) atoms. The summed E-state index contributed by atoms with van der Waals surface area (Å²) in [4.78, 5) is 15.9. The number of aliphatic hydroxyl groups excluding tert-OH is 1. The third-order valence-corrected chi connectivity index (χ3v) is 4.37. The SMILES string of the molecule is CN(CC(=O)N1CCC[C@](O)(CO)CC1)Cc1ccccc1F. The van der Waals surface area contributed by atoms with E-state index in [1.54, 1.807) is 35.0 Å². The zero-order chi connectivity index (χ0) is 16.9. The Kier molecular flexibility index (Phi) is 6.10. The summed E-state index contributed by atoms with van der Waals surface area (Å²) in [6, 6.07) is 6.54. The number of benzene rings is 1. The normalized spacial score (nSPS) is 22.2. The van der Waals surface area contributed by atoms with Crippen LogP contribution in [0.2, 0.25) is 0 Å². The number of amides is 1. The first kappa shape index (κ1) is 17.8. The van der Waals surface area contributed by atoms with Crippen LogP contribution >= 0.6 is 0 Å². The molecule has 0 unspecified atom stereocenters. The molecule has 1 fully saturated rings. The van der Waals surface area contributed by atoms with E-state index in [0.29, 0.717) is 44.5 Å². The number of likely N-dealkylation sites (tertiary alicyclic amines) is 1. The zero-order valence-corrected chi connectivity index (χ0v) is 13.5. The van der Waals surface area contributed by atoms with Crippen LogP contribution in [0, 0.1) is 5.82 Å². The monoisotopic (exact) mass is 324 g/mol. The standard InChI is InChI=1S/C17H25FN2O3/c1-19(11-14-5-2-3-6-15(14)18)12-16(22)20-9-4-7-17(23,13-21)8-10-20/h2-3,5-6,21,23H,4,7-13H2,1H3/t17-/m1/s1. The molecule has 0 aliphatic carbocycles. The fourth-order valence-corrected chi connectivity index (χ4v) is 2.89. The van der Waals surface area contributed by atoms with E-state index in [4.69, 9.17) is 0 Å². The van der Waals surface area contributed by atoms with Crippen molar-refractivity contribution >= 4 is 5.91 Å². The van der Waals surface area contributed by atoms with Crippen molar-refractivity contribution < 1.29 is 19.4 Å². The van der Waals surface area contributed by atoms with Crippen molar-refractivity contribution in [3.8, 4) is 0 Å². The van der Waals surface area contributed by atoms with Crippen LogP contribution in [0.25, 0.3) is 0 Å². The van der Waals surface area contributed by atoms with E-state index in [1.165, 1.54) is 6.07 Å². The third kappa shape index (κ3) is 4.99. The van der Waals surface area contributed by atoms with Crippen molar-refractivity contribution in [3.63, 3.8) is 0 Å². The summed E-state index contributed by atoms with van der Waals surface area (Å²) in [5.74, 6) is -0.305. The number of rotatable bonds is 5. The zero-order valence-electron chi connectivity index (χ0n) is 13.5. The molecule has 1 aromatic carbocycles. The van der Waals surface area contributed by atoms with E-state index in [1.807, 2.05) is 0 Å². The van der Waals surface area contributed by atoms with Gasteiger partial charge in [0.2, 0.25) is 5.91 Å². The van der Waals surface area contributed by atoms with Crippen molar-refractivity contribution in [2.75, 3.05) is 33.3 Å². The molecule has 1 heterocycles. The van der Waals surface area contributed by atoms with Crippen LogP contribution in [0.1, 0.15) is 24.8 Å². The fourth-order valence-electron chi connectivity index (χ4n) is 2.89. The first-order valence-electron chi connectivity index (χ1n) is 7.96. The highest BCUT2D eigenvalue weighted by Crippen LogP contribution is 2.21. The van der Waals surface area contributed by atoms with Gasteiger partial charge in [0.25, 0.3) is 0 Å². The second kappa shape index (κ2) is 7.86. The lowest BCUT2D eigenvalue weighted by atomic mass is 9.96. The van der Waals surface area contributed by atoms with Gasteiger partial charge >= 0.3 is 0 Å². The molecule has 0 aromatic heterocycles. The number of carbonyl (C=O) groups excluding carboxylic acids is 1. The molecule has 1 aliphatic rings. The van der Waals surface area contributed by atoms with E-state index >= 15 is 0 Å². The first-order chi connectivity index (χ1) is 10.9. The van der Waals surface area contributed by atoms with Crippen LogP contribution in [-0.2, 0) is 11.3 Å². The summed E-state index contributed by atoms with van der Waals surface area (Å²) in [5.41, 5.74) is -0.512. The molecule has 0 spiro atoms. The third-order valence-electron chi connectivity index (χ3n) is 4.37. The molecule has 0 radical (unpaired) electrons. The molecule has 0 bridgehead atoms. The van der Waals surface area contributed by atoms with Crippen LogP contribution in [0.3, 0.4) is 0 Å². The van der Waals surface area contributed by atoms with Gasteiger partial charge in [0.15, 0.2) is 0 Å². The summed E-state index contributed by atoms with van der Waals surface area (Å²) in [6.45, 7) is 1.30. The molecule has 1 saturated heterocycles. The quantitative estimate of drug-likeness (QED) is 0.848. The number of carbonyl (C=O) groups is 1. The van der Waals surface area contributed by atoms with E-state index in [9.17, 15) is 19.4 Å². The summed E-state index contributed by atoms with van der Waals surface area (Å²) < 4.78 is 13.6. The predicted octanol–water partition coefficient (Wildman–Crippen LogP) is 0.993. The van der Waals surface area contributed by atoms with Gasteiger partial charge in [-0.15, -0.1) is 0 Å². The van der Waals surface area contributed by atoms with Crippen LogP contribution in [-0.4, -0.2) is 64.8 Å². The molecular weight excluding hydrogens is 299 g/mol. The molecule has 1 amide bonds. The molecule has 6 heteroatoms. The highest BCUT2D eigenvalue weighted by atomic mass is 19.1. The second-order valence-corrected chi connectivity index (χ2v) is 6.38. The smallest absolute Gasteiger partial charge is 0.236 e. The van der Waals surface area contributed by atoms with Gasteiger partial charge in [-0.1, -0.05) is 18.2 Å². The average molecular weight is 324 g/mol. The minimum absolute atomic E-state index is 0.0361. The minimum Gasteiger partial charge on any atom is -0.393 e. The molecule has 1 aliphatic heterocycles. The maximum Gasteiger partial charge on any atom is 0.236 e. The highest BCUT2D eigenvalue weighted by molar-refractivity contribution is 5.78. The minimum atomic E-state index is -1.08. The van der Waals surface area contributed by atoms with Crippen molar-refractivity contribution in [1.82, 2.24) is 9.80 Å². The van der Waals surface area contributed by atoms with Crippen LogP contribution < -0.4 is 0 Å². The van der Waals surface area contributed by atoms with Gasteiger partial charge in [0, 0.05) is 25.2 Å². The van der Waals surface area contributed by atoms with Crippen molar-refractivity contribution in [2.45, 2.75) is 31.4 Å². The summed E-state index contributed by atoms with van der Waals surface area (Å²) in [6.07, 6.45) is 1.55. The Hall–Kier alpha value is -1.50. The van der Waals surface area contributed by atoms with Gasteiger partial charge in [0.05, 0.1) is 18.8 Å². The molecule has 1 aromatic rings. The Morgan fingerprint density at radius 2 is 2.09 bits per heavy atom. The molecule has 0 saturated carbocycles. The Labute approximate surface area is 136 Å². The number of hydrogen-bond acceptors (Lipinski definition) is 4. The summed E-state index contributed by atoms with van der Waals surface area (Å²) >= 11 is 0. The summed E-state index contributed by atoms with van der Waals surface area (Å²) in [5, 5.41) is 19.4. The lowest BCUT2D eigenvalue weighted by Crippen LogP contribution is -2.40. The summed E-state index contributed by atoms with van der Waals surface area (Å²) in [7, 11) is 1.78. The highest BCUT2D eigenvalue weighted by Gasteiger charge is 2.30. The van der Waals surface area contributed by atoms with Gasteiger partial charge in [-0.2, -0.15) is 0 Å². The maximum atomic E-state index is 13.6. The number of likely N-dealkylation sites (N-methyl/N-ethyl adjacent to an activating group) is 1. The first-order valence-corrected chi connectivity index (χ1v) is 7.96. The van der Waals surface area contributed by atoms with E-state index in [0.717, 1.165) is 0 Å². The van der Waals surface area contributed by atoms with E-state index < -0.39 is 5.60 Å².